The number of halogens is 1. The Labute approximate surface area is 138 Å². The largest absolute Gasteiger partial charge is 0.490 e. The van der Waals surface area contributed by atoms with E-state index in [1.54, 1.807) is 24.5 Å². The molecule has 0 saturated carbocycles. The minimum absolute atomic E-state index is 0.0511. The number of hydrogen-bond donors (Lipinski definition) is 0. The molecule has 0 bridgehead atoms. The summed E-state index contributed by atoms with van der Waals surface area (Å²) in [6.45, 7) is 1.43. The number of carbonyl (C=O) groups excluding carboxylic acids is 1. The van der Waals surface area contributed by atoms with E-state index in [0.717, 1.165) is 36.2 Å². The van der Waals surface area contributed by atoms with Gasteiger partial charge in [-0.2, -0.15) is 0 Å². The third-order valence-corrected chi connectivity index (χ3v) is 4.28. The molecule has 0 spiro atoms. The van der Waals surface area contributed by atoms with E-state index in [2.05, 4.69) is 20.9 Å². The zero-order valence-electron chi connectivity index (χ0n) is 12.1. The standard InChI is InChI=1S/C17H17BrN2O2/c18-14-3-5-15(6-4-14)22-16-7-10-20(11-8-16)17(21)13-2-1-9-19-12-13/h1-6,9,12,16H,7-8,10-11H2. The van der Waals surface area contributed by atoms with Gasteiger partial charge in [-0.15, -0.1) is 0 Å². The molecule has 5 heteroatoms. The third kappa shape index (κ3) is 3.65. The summed E-state index contributed by atoms with van der Waals surface area (Å²) in [7, 11) is 0. The molecule has 1 aromatic heterocycles. The van der Waals surface area contributed by atoms with Crippen LogP contribution in [0.3, 0.4) is 0 Å². The van der Waals surface area contributed by atoms with Gasteiger partial charge >= 0.3 is 0 Å². The molecule has 4 nitrogen and oxygen atoms in total. The van der Waals surface area contributed by atoms with Crippen LogP contribution < -0.4 is 4.74 Å². The van der Waals surface area contributed by atoms with Gasteiger partial charge in [0.25, 0.3) is 5.91 Å². The summed E-state index contributed by atoms with van der Waals surface area (Å²) in [6, 6.07) is 11.4. The highest BCUT2D eigenvalue weighted by Gasteiger charge is 2.24. The molecule has 3 rings (SSSR count). The summed E-state index contributed by atoms with van der Waals surface area (Å²) in [6.07, 6.45) is 5.16. The molecule has 0 aliphatic carbocycles. The van der Waals surface area contributed by atoms with Crippen LogP contribution in [-0.4, -0.2) is 35.0 Å². The van der Waals surface area contributed by atoms with Gasteiger partial charge in [0.1, 0.15) is 11.9 Å². The Hall–Kier alpha value is -1.88. The molecule has 0 radical (unpaired) electrons. The second-order valence-electron chi connectivity index (χ2n) is 5.31. The van der Waals surface area contributed by atoms with Crippen LogP contribution in [-0.2, 0) is 0 Å². The van der Waals surface area contributed by atoms with Crippen molar-refractivity contribution in [2.75, 3.05) is 13.1 Å². The second kappa shape index (κ2) is 6.92. The minimum atomic E-state index is 0.0511. The van der Waals surface area contributed by atoms with Gasteiger partial charge < -0.3 is 9.64 Å². The van der Waals surface area contributed by atoms with E-state index in [9.17, 15) is 4.79 Å². The van der Waals surface area contributed by atoms with Gasteiger partial charge in [-0.05, 0) is 36.4 Å². The first kappa shape index (κ1) is 15.0. The lowest BCUT2D eigenvalue weighted by Crippen LogP contribution is -2.41. The summed E-state index contributed by atoms with van der Waals surface area (Å²) in [5, 5.41) is 0. The van der Waals surface area contributed by atoms with Crippen LogP contribution in [0.5, 0.6) is 5.75 Å². The fraction of sp³-hybridized carbons (Fsp3) is 0.294. The molecule has 1 aliphatic heterocycles. The number of carbonyl (C=O) groups is 1. The van der Waals surface area contributed by atoms with E-state index < -0.39 is 0 Å². The Morgan fingerprint density at radius 2 is 1.91 bits per heavy atom. The van der Waals surface area contributed by atoms with E-state index >= 15 is 0 Å². The number of pyridine rings is 1. The van der Waals surface area contributed by atoms with Gasteiger partial charge in [0.05, 0.1) is 5.56 Å². The van der Waals surface area contributed by atoms with Gasteiger partial charge in [-0.1, -0.05) is 15.9 Å². The van der Waals surface area contributed by atoms with Gasteiger partial charge in [0.2, 0.25) is 0 Å². The quantitative estimate of drug-likeness (QED) is 0.840. The number of aromatic nitrogens is 1. The predicted molar refractivity (Wildman–Crippen MR) is 87.9 cm³/mol. The molecular formula is C17H17BrN2O2. The van der Waals surface area contributed by atoms with Crippen LogP contribution in [0, 0.1) is 0 Å². The first-order chi connectivity index (χ1) is 10.7. The molecule has 1 aromatic carbocycles. The van der Waals surface area contributed by atoms with E-state index in [1.165, 1.54) is 0 Å². The van der Waals surface area contributed by atoms with Gasteiger partial charge in [0, 0.05) is 42.8 Å². The average Bonchev–Trinajstić information content (AvgIpc) is 2.58. The Morgan fingerprint density at radius 1 is 1.18 bits per heavy atom. The Kier molecular flexibility index (Phi) is 4.73. The molecule has 114 valence electrons. The molecular weight excluding hydrogens is 344 g/mol. The Bertz CT molecular complexity index is 623. The third-order valence-electron chi connectivity index (χ3n) is 3.75. The summed E-state index contributed by atoms with van der Waals surface area (Å²) >= 11 is 3.41. The van der Waals surface area contributed by atoms with Gasteiger partial charge in [-0.3, -0.25) is 9.78 Å². The molecule has 0 N–H and O–H groups in total. The van der Waals surface area contributed by atoms with Crippen LogP contribution in [0.2, 0.25) is 0 Å². The normalized spacial score (nSPS) is 15.6. The van der Waals surface area contributed by atoms with Gasteiger partial charge in [0.15, 0.2) is 0 Å². The zero-order valence-corrected chi connectivity index (χ0v) is 13.7. The second-order valence-corrected chi connectivity index (χ2v) is 6.22. The maximum absolute atomic E-state index is 12.3. The Morgan fingerprint density at radius 3 is 2.55 bits per heavy atom. The fourth-order valence-corrected chi connectivity index (χ4v) is 2.82. The van der Waals surface area contributed by atoms with Crippen LogP contribution in [0.25, 0.3) is 0 Å². The van der Waals surface area contributed by atoms with Crippen molar-refractivity contribution in [3.8, 4) is 5.75 Å². The van der Waals surface area contributed by atoms with Crippen molar-refractivity contribution in [2.24, 2.45) is 0 Å². The molecule has 1 aliphatic rings. The lowest BCUT2D eigenvalue weighted by molar-refractivity contribution is 0.0595. The van der Waals surface area contributed by atoms with E-state index in [1.807, 2.05) is 29.2 Å². The predicted octanol–water partition coefficient (Wildman–Crippen LogP) is 3.53. The molecule has 2 heterocycles. The number of benzene rings is 1. The number of likely N-dealkylation sites (tertiary alicyclic amines) is 1. The van der Waals surface area contributed by atoms with E-state index in [-0.39, 0.29) is 12.0 Å². The van der Waals surface area contributed by atoms with Crippen molar-refractivity contribution in [1.29, 1.82) is 0 Å². The molecule has 1 amide bonds. The smallest absolute Gasteiger partial charge is 0.255 e. The topological polar surface area (TPSA) is 42.4 Å². The molecule has 2 aromatic rings. The maximum atomic E-state index is 12.3. The lowest BCUT2D eigenvalue weighted by atomic mass is 10.1. The number of piperidine rings is 1. The number of amides is 1. The maximum Gasteiger partial charge on any atom is 0.255 e. The van der Waals surface area contributed by atoms with Crippen molar-refractivity contribution in [3.63, 3.8) is 0 Å². The molecule has 22 heavy (non-hydrogen) atoms. The lowest BCUT2D eigenvalue weighted by Gasteiger charge is -2.32. The average molecular weight is 361 g/mol. The number of rotatable bonds is 3. The van der Waals surface area contributed by atoms with Crippen LogP contribution in [0.1, 0.15) is 23.2 Å². The van der Waals surface area contributed by atoms with Crippen molar-refractivity contribution in [1.82, 2.24) is 9.88 Å². The summed E-state index contributed by atoms with van der Waals surface area (Å²) < 4.78 is 7.01. The van der Waals surface area contributed by atoms with E-state index in [4.69, 9.17) is 4.74 Å². The highest BCUT2D eigenvalue weighted by molar-refractivity contribution is 9.10. The minimum Gasteiger partial charge on any atom is -0.490 e. The number of nitrogens with zero attached hydrogens (tertiary/aromatic N) is 2. The first-order valence-corrected chi connectivity index (χ1v) is 8.13. The first-order valence-electron chi connectivity index (χ1n) is 7.34. The van der Waals surface area contributed by atoms with Gasteiger partial charge in [-0.25, -0.2) is 0 Å². The van der Waals surface area contributed by atoms with Crippen LogP contribution in [0.15, 0.2) is 53.3 Å². The van der Waals surface area contributed by atoms with Crippen molar-refractivity contribution < 1.29 is 9.53 Å². The van der Waals surface area contributed by atoms with Crippen LogP contribution in [0.4, 0.5) is 0 Å². The molecule has 0 unspecified atom stereocenters. The van der Waals surface area contributed by atoms with Crippen LogP contribution >= 0.6 is 15.9 Å². The summed E-state index contributed by atoms with van der Waals surface area (Å²) in [5.41, 5.74) is 0.648. The molecule has 0 atom stereocenters. The fourth-order valence-electron chi connectivity index (χ4n) is 2.55. The number of hydrogen-bond acceptors (Lipinski definition) is 3. The van der Waals surface area contributed by atoms with Crippen molar-refractivity contribution >= 4 is 21.8 Å². The highest BCUT2D eigenvalue weighted by atomic mass is 79.9. The zero-order chi connectivity index (χ0) is 15.4. The summed E-state index contributed by atoms with van der Waals surface area (Å²) in [5.74, 6) is 0.926. The molecule has 1 saturated heterocycles. The Balaban J connectivity index is 1.54. The number of ether oxygens (including phenoxy) is 1. The highest BCUT2D eigenvalue weighted by Crippen LogP contribution is 2.22. The monoisotopic (exact) mass is 360 g/mol. The SMILES string of the molecule is O=C(c1cccnc1)N1CCC(Oc2ccc(Br)cc2)CC1. The van der Waals surface area contributed by atoms with Crippen molar-refractivity contribution in [3.05, 3.63) is 58.8 Å². The summed E-state index contributed by atoms with van der Waals surface area (Å²) in [4.78, 5) is 18.2. The molecule has 1 fully saturated rings. The van der Waals surface area contributed by atoms with E-state index in [0.29, 0.717) is 5.56 Å². The van der Waals surface area contributed by atoms with Crippen molar-refractivity contribution in [2.45, 2.75) is 18.9 Å².